The first-order valence-corrected chi connectivity index (χ1v) is 13.4. The monoisotopic (exact) mass is 556 g/mol. The summed E-state index contributed by atoms with van der Waals surface area (Å²) in [5, 5.41) is 20.8. The smallest absolute Gasteiger partial charge is 0.324 e. The van der Waals surface area contributed by atoms with Crippen molar-refractivity contribution < 1.29 is 23.1 Å². The molecule has 1 heterocycles. The number of thiophene rings is 1. The molecule has 1 aromatic heterocycles. The van der Waals surface area contributed by atoms with E-state index in [9.17, 15) is 23.1 Å². The van der Waals surface area contributed by atoms with E-state index in [1.54, 1.807) is 48.5 Å². The number of hydrogen-bond acceptors (Lipinski definition) is 6. The number of aliphatic carboxylic acids is 1. The van der Waals surface area contributed by atoms with Gasteiger partial charge in [-0.3, -0.25) is 19.3 Å². The summed E-state index contributed by atoms with van der Waals surface area (Å²) in [6.07, 6.45) is 0. The summed E-state index contributed by atoms with van der Waals surface area (Å²) < 4.78 is 27.4. The number of nitrogen functional groups attached to an aromatic ring is 1. The second-order valence-corrected chi connectivity index (χ2v) is 11.8. The van der Waals surface area contributed by atoms with Crippen LogP contribution in [0.25, 0.3) is 10.8 Å². The van der Waals surface area contributed by atoms with Gasteiger partial charge in [0.25, 0.3) is 15.9 Å². The highest BCUT2D eigenvalue weighted by Crippen LogP contribution is 2.32. The van der Waals surface area contributed by atoms with Gasteiger partial charge in [0.2, 0.25) is 0 Å². The summed E-state index contributed by atoms with van der Waals surface area (Å²) >= 11 is 6.73. The number of hydrogen-bond donors (Lipinski definition) is 4. The van der Waals surface area contributed by atoms with E-state index in [4.69, 9.17) is 22.7 Å². The second-order valence-electron chi connectivity index (χ2n) is 7.97. The molecule has 5 N–H and O–H groups in total. The van der Waals surface area contributed by atoms with E-state index >= 15 is 0 Å². The van der Waals surface area contributed by atoms with Crippen molar-refractivity contribution in [3.63, 3.8) is 0 Å². The van der Waals surface area contributed by atoms with Crippen LogP contribution in [-0.4, -0.2) is 37.8 Å². The highest BCUT2D eigenvalue weighted by Gasteiger charge is 2.29. The summed E-state index contributed by atoms with van der Waals surface area (Å²) in [5.41, 5.74) is 7.39. The van der Waals surface area contributed by atoms with Crippen molar-refractivity contribution in [2.75, 3.05) is 10.8 Å². The number of nitrogens with zero attached hydrogens (tertiary/aromatic N) is 1. The number of anilines is 1. The minimum atomic E-state index is -4.19. The third-order valence-electron chi connectivity index (χ3n) is 5.49. The lowest BCUT2D eigenvalue weighted by atomic mass is 10.0. The third-order valence-corrected chi connectivity index (χ3v) is 8.96. The minimum absolute atomic E-state index is 0.0420. The van der Waals surface area contributed by atoms with Crippen LogP contribution in [0, 0.1) is 5.41 Å². The Balaban J connectivity index is 1.62. The molecule has 0 atom stereocenters. The van der Waals surface area contributed by atoms with E-state index < -0.39 is 22.5 Å². The lowest BCUT2D eigenvalue weighted by Crippen LogP contribution is -2.35. The summed E-state index contributed by atoms with van der Waals surface area (Å²) in [6.45, 7) is -0.536. The first-order valence-electron chi connectivity index (χ1n) is 10.8. The van der Waals surface area contributed by atoms with Gasteiger partial charge >= 0.3 is 5.97 Å². The number of rotatable bonds is 9. The number of amides is 1. The fourth-order valence-corrected chi connectivity index (χ4v) is 6.69. The maximum atomic E-state index is 13.2. The molecule has 1 amide bonds. The van der Waals surface area contributed by atoms with Crippen molar-refractivity contribution in [2.45, 2.75) is 10.8 Å². The van der Waals surface area contributed by atoms with Gasteiger partial charge < -0.3 is 16.2 Å². The topological polar surface area (TPSA) is 154 Å². The Morgan fingerprint density at radius 2 is 1.78 bits per heavy atom. The number of carbonyl (C=O) groups excluding carboxylic acids is 1. The molecule has 9 nitrogen and oxygen atoms in total. The number of halogens is 1. The van der Waals surface area contributed by atoms with Crippen LogP contribution in [0.4, 0.5) is 5.69 Å². The van der Waals surface area contributed by atoms with Crippen molar-refractivity contribution in [1.82, 2.24) is 5.32 Å². The number of carboxylic acids is 1. The molecule has 12 heteroatoms. The molecule has 190 valence electrons. The SMILES string of the molecule is N=C(N)c1ccc(CNC(=O)c2cccc3cc(N(CC(=O)O)S(=O)(=O)c4ccc(Cl)s4)ccc23)cc1. The standard InChI is InChI=1S/C25H21ClN4O5S2/c26-21-10-11-23(36-21)37(34,35)30(14-22(31)32)18-8-9-19-17(12-18)2-1-3-20(19)25(33)29-13-15-4-6-16(7-5-15)24(27)28/h1-12H,13-14H2,(H3,27,28)(H,29,33)(H,31,32). The van der Waals surface area contributed by atoms with Gasteiger partial charge in [0.05, 0.1) is 10.0 Å². The van der Waals surface area contributed by atoms with Crippen molar-refractivity contribution in [3.05, 3.63) is 93.8 Å². The van der Waals surface area contributed by atoms with Crippen LogP contribution in [0.1, 0.15) is 21.5 Å². The Hall–Kier alpha value is -3.93. The maximum absolute atomic E-state index is 13.2. The average Bonchev–Trinajstić information content (AvgIpc) is 3.32. The number of carbonyl (C=O) groups is 2. The molecule has 0 aliphatic rings. The average molecular weight is 557 g/mol. The summed E-state index contributed by atoms with van der Waals surface area (Å²) in [5.74, 6) is -1.70. The van der Waals surface area contributed by atoms with E-state index in [0.29, 0.717) is 21.9 Å². The highest BCUT2D eigenvalue weighted by molar-refractivity contribution is 7.94. The van der Waals surface area contributed by atoms with Crippen LogP contribution in [0.15, 0.2) is 77.0 Å². The molecule has 0 bridgehead atoms. The lowest BCUT2D eigenvalue weighted by molar-refractivity contribution is -0.135. The molecule has 37 heavy (non-hydrogen) atoms. The van der Waals surface area contributed by atoms with E-state index in [1.807, 2.05) is 0 Å². The highest BCUT2D eigenvalue weighted by atomic mass is 35.5. The Morgan fingerprint density at radius 3 is 2.41 bits per heavy atom. The van der Waals surface area contributed by atoms with Gasteiger partial charge in [0, 0.05) is 17.7 Å². The molecule has 4 aromatic rings. The Bertz CT molecular complexity index is 1620. The largest absolute Gasteiger partial charge is 0.480 e. The predicted molar refractivity (Wildman–Crippen MR) is 144 cm³/mol. The first kappa shape index (κ1) is 26.1. The zero-order chi connectivity index (χ0) is 26.7. The second kappa shape index (κ2) is 10.6. The normalized spacial score (nSPS) is 11.3. The molecule has 3 aromatic carbocycles. The molecular formula is C25H21ClN4O5S2. The quantitative estimate of drug-likeness (QED) is 0.180. The van der Waals surface area contributed by atoms with Crippen LogP contribution < -0.4 is 15.4 Å². The first-order chi connectivity index (χ1) is 17.6. The molecule has 0 unspecified atom stereocenters. The van der Waals surface area contributed by atoms with Crippen LogP contribution in [-0.2, 0) is 21.4 Å². The molecule has 0 radical (unpaired) electrons. The molecule has 0 saturated heterocycles. The predicted octanol–water partition coefficient (Wildman–Crippen LogP) is 4.05. The van der Waals surface area contributed by atoms with Crippen molar-refractivity contribution >= 4 is 67.1 Å². The number of nitrogens with two attached hydrogens (primary N) is 1. The van der Waals surface area contributed by atoms with Gasteiger partial charge in [-0.15, -0.1) is 11.3 Å². The Kier molecular flexibility index (Phi) is 7.48. The molecule has 0 aliphatic heterocycles. The zero-order valence-electron chi connectivity index (χ0n) is 19.1. The van der Waals surface area contributed by atoms with E-state index in [2.05, 4.69) is 5.32 Å². The number of carboxylic acid groups (broad SMARTS) is 1. The van der Waals surface area contributed by atoms with Crippen molar-refractivity contribution in [3.8, 4) is 0 Å². The number of fused-ring (bicyclic) bond motifs is 1. The van der Waals surface area contributed by atoms with Crippen LogP contribution in [0.3, 0.4) is 0 Å². The van der Waals surface area contributed by atoms with Gasteiger partial charge in [0.1, 0.15) is 16.6 Å². The molecule has 0 aliphatic carbocycles. The van der Waals surface area contributed by atoms with Crippen LogP contribution in [0.5, 0.6) is 0 Å². The molecule has 4 rings (SSSR count). The number of sulfonamides is 1. The summed E-state index contributed by atoms with van der Waals surface area (Å²) in [6, 6.07) is 19.3. The maximum Gasteiger partial charge on any atom is 0.324 e. The van der Waals surface area contributed by atoms with Crippen LogP contribution in [0.2, 0.25) is 4.34 Å². The molecule has 0 fully saturated rings. The minimum Gasteiger partial charge on any atom is -0.480 e. The van der Waals surface area contributed by atoms with Crippen molar-refractivity contribution in [2.24, 2.45) is 5.73 Å². The molecular weight excluding hydrogens is 536 g/mol. The van der Waals surface area contributed by atoms with Gasteiger partial charge in [-0.25, -0.2) is 8.42 Å². The van der Waals surface area contributed by atoms with Crippen molar-refractivity contribution in [1.29, 1.82) is 5.41 Å². The van der Waals surface area contributed by atoms with E-state index in [-0.39, 0.29) is 32.5 Å². The van der Waals surface area contributed by atoms with Gasteiger partial charge in [-0.2, -0.15) is 0 Å². The fraction of sp³-hybridized carbons (Fsp3) is 0.0800. The Labute approximate surface area is 221 Å². The Morgan fingerprint density at radius 1 is 1.05 bits per heavy atom. The number of benzene rings is 3. The molecule has 0 spiro atoms. The molecule has 0 saturated carbocycles. The third kappa shape index (κ3) is 5.74. The van der Waals surface area contributed by atoms with E-state index in [0.717, 1.165) is 21.2 Å². The summed E-state index contributed by atoms with van der Waals surface area (Å²) in [4.78, 5) is 24.5. The van der Waals surface area contributed by atoms with E-state index in [1.165, 1.54) is 24.3 Å². The summed E-state index contributed by atoms with van der Waals surface area (Å²) in [7, 11) is -4.19. The zero-order valence-corrected chi connectivity index (χ0v) is 21.5. The number of nitrogens with one attached hydrogen (secondary N) is 2. The fourth-order valence-electron chi connectivity index (χ4n) is 3.69. The number of amidine groups is 1. The lowest BCUT2D eigenvalue weighted by Gasteiger charge is -2.22. The van der Waals surface area contributed by atoms with Gasteiger partial charge in [-0.05, 0) is 46.7 Å². The van der Waals surface area contributed by atoms with Crippen LogP contribution >= 0.6 is 22.9 Å². The van der Waals surface area contributed by atoms with Gasteiger partial charge in [-0.1, -0.05) is 54.1 Å². The van der Waals surface area contributed by atoms with Gasteiger partial charge in [0.15, 0.2) is 0 Å².